The number of hydrogen-bond acceptors (Lipinski definition) is 5. The Hall–Kier alpha value is -1.36. The number of nitrogens with one attached hydrogen (secondary N) is 1. The van der Waals surface area contributed by atoms with E-state index in [4.69, 9.17) is 4.42 Å². The van der Waals surface area contributed by atoms with Crippen LogP contribution in [0.1, 0.15) is 30.4 Å². The van der Waals surface area contributed by atoms with E-state index in [2.05, 4.69) is 29.4 Å². The SMILES string of the molecule is CCc1ccc(CNc2nnc(CC)s2)o1. The lowest BCUT2D eigenvalue weighted by Gasteiger charge is -1.97. The summed E-state index contributed by atoms with van der Waals surface area (Å²) < 4.78 is 5.58. The smallest absolute Gasteiger partial charge is 0.206 e. The van der Waals surface area contributed by atoms with Gasteiger partial charge in [-0.1, -0.05) is 25.2 Å². The molecule has 2 aromatic rings. The summed E-state index contributed by atoms with van der Waals surface area (Å²) in [7, 11) is 0. The van der Waals surface area contributed by atoms with Crippen LogP contribution in [0.4, 0.5) is 5.13 Å². The van der Waals surface area contributed by atoms with Crippen LogP contribution in [-0.4, -0.2) is 10.2 Å². The van der Waals surface area contributed by atoms with Gasteiger partial charge in [0.15, 0.2) is 0 Å². The normalized spacial score (nSPS) is 10.6. The number of aromatic nitrogens is 2. The zero-order valence-electron chi connectivity index (χ0n) is 9.49. The first-order valence-electron chi connectivity index (χ1n) is 5.45. The van der Waals surface area contributed by atoms with Crippen molar-refractivity contribution in [3.8, 4) is 0 Å². The van der Waals surface area contributed by atoms with Crippen LogP contribution in [0.15, 0.2) is 16.5 Å². The van der Waals surface area contributed by atoms with Crippen molar-refractivity contribution >= 4 is 16.5 Å². The summed E-state index contributed by atoms with van der Waals surface area (Å²) in [6, 6.07) is 4.00. The van der Waals surface area contributed by atoms with Crippen molar-refractivity contribution < 1.29 is 4.42 Å². The molecule has 0 aromatic carbocycles. The molecule has 0 aliphatic rings. The van der Waals surface area contributed by atoms with E-state index in [9.17, 15) is 0 Å². The highest BCUT2D eigenvalue weighted by Gasteiger charge is 2.04. The van der Waals surface area contributed by atoms with E-state index in [1.165, 1.54) is 0 Å². The molecule has 0 unspecified atom stereocenters. The van der Waals surface area contributed by atoms with E-state index in [-0.39, 0.29) is 0 Å². The van der Waals surface area contributed by atoms with Gasteiger partial charge in [-0.15, -0.1) is 10.2 Å². The Bertz CT molecular complexity index is 407. The van der Waals surface area contributed by atoms with E-state index in [1.54, 1.807) is 11.3 Å². The van der Waals surface area contributed by atoms with E-state index in [0.29, 0.717) is 6.54 Å². The maximum absolute atomic E-state index is 5.58. The Labute approximate surface area is 98.7 Å². The van der Waals surface area contributed by atoms with Gasteiger partial charge in [0.05, 0.1) is 6.54 Å². The Kier molecular flexibility index (Phi) is 3.56. The highest BCUT2D eigenvalue weighted by atomic mass is 32.1. The van der Waals surface area contributed by atoms with Crippen LogP contribution in [0.2, 0.25) is 0 Å². The molecule has 0 radical (unpaired) electrons. The highest BCUT2D eigenvalue weighted by Crippen LogP contribution is 2.17. The zero-order valence-corrected chi connectivity index (χ0v) is 10.3. The van der Waals surface area contributed by atoms with Gasteiger partial charge in [-0.05, 0) is 18.6 Å². The molecule has 0 aliphatic carbocycles. The van der Waals surface area contributed by atoms with Crippen molar-refractivity contribution in [1.82, 2.24) is 10.2 Å². The fraction of sp³-hybridized carbons (Fsp3) is 0.455. The highest BCUT2D eigenvalue weighted by molar-refractivity contribution is 7.15. The topological polar surface area (TPSA) is 51.0 Å². The second kappa shape index (κ2) is 5.12. The second-order valence-corrected chi connectivity index (χ2v) is 4.49. The van der Waals surface area contributed by atoms with E-state index in [0.717, 1.165) is 34.5 Å². The molecule has 2 aromatic heterocycles. The van der Waals surface area contributed by atoms with Crippen LogP contribution in [0, 0.1) is 0 Å². The van der Waals surface area contributed by atoms with Gasteiger partial charge in [0.25, 0.3) is 0 Å². The Morgan fingerprint density at radius 3 is 2.62 bits per heavy atom. The molecule has 2 rings (SSSR count). The maximum Gasteiger partial charge on any atom is 0.206 e. The average molecular weight is 237 g/mol. The molecular weight excluding hydrogens is 222 g/mol. The quantitative estimate of drug-likeness (QED) is 0.868. The standard InChI is InChI=1S/C11H15N3OS/c1-3-8-5-6-9(15-8)7-12-11-14-13-10(4-2)16-11/h5-6H,3-4,7H2,1-2H3,(H,12,14). The fourth-order valence-electron chi connectivity index (χ4n) is 1.34. The molecule has 0 atom stereocenters. The molecule has 0 aliphatic heterocycles. The monoisotopic (exact) mass is 237 g/mol. The fourth-order valence-corrected chi connectivity index (χ4v) is 2.01. The first-order valence-corrected chi connectivity index (χ1v) is 6.27. The second-order valence-electron chi connectivity index (χ2n) is 3.43. The minimum atomic E-state index is 0.665. The third-order valence-electron chi connectivity index (χ3n) is 2.25. The Morgan fingerprint density at radius 2 is 2.00 bits per heavy atom. The summed E-state index contributed by atoms with van der Waals surface area (Å²) in [5.41, 5.74) is 0. The number of hydrogen-bond donors (Lipinski definition) is 1. The molecule has 0 bridgehead atoms. The third-order valence-corrected chi connectivity index (χ3v) is 3.27. The van der Waals surface area contributed by atoms with Gasteiger partial charge < -0.3 is 9.73 Å². The van der Waals surface area contributed by atoms with Gasteiger partial charge in [0.1, 0.15) is 16.5 Å². The summed E-state index contributed by atoms with van der Waals surface area (Å²) in [6.45, 7) is 4.82. The Balaban J connectivity index is 1.91. The molecule has 86 valence electrons. The third kappa shape index (κ3) is 2.61. The van der Waals surface area contributed by atoms with E-state index >= 15 is 0 Å². The maximum atomic E-state index is 5.58. The van der Waals surface area contributed by atoms with Crippen molar-refractivity contribution in [1.29, 1.82) is 0 Å². The van der Waals surface area contributed by atoms with Gasteiger partial charge >= 0.3 is 0 Å². The largest absolute Gasteiger partial charge is 0.464 e. The average Bonchev–Trinajstić information content (AvgIpc) is 2.95. The molecule has 1 N–H and O–H groups in total. The number of aryl methyl sites for hydroxylation is 2. The number of nitrogens with zero attached hydrogens (tertiary/aromatic N) is 2. The summed E-state index contributed by atoms with van der Waals surface area (Å²) in [4.78, 5) is 0. The predicted octanol–water partition coefficient (Wildman–Crippen LogP) is 2.87. The van der Waals surface area contributed by atoms with Crippen LogP contribution in [0.5, 0.6) is 0 Å². The minimum absolute atomic E-state index is 0.665. The molecule has 16 heavy (non-hydrogen) atoms. The van der Waals surface area contributed by atoms with Crippen LogP contribution >= 0.6 is 11.3 Å². The first-order chi connectivity index (χ1) is 7.81. The van der Waals surface area contributed by atoms with Gasteiger partial charge in [-0.3, -0.25) is 0 Å². The molecule has 0 saturated carbocycles. The van der Waals surface area contributed by atoms with Crippen molar-refractivity contribution in [2.75, 3.05) is 5.32 Å². The van der Waals surface area contributed by atoms with Crippen molar-refractivity contribution in [3.63, 3.8) is 0 Å². The summed E-state index contributed by atoms with van der Waals surface area (Å²) in [5.74, 6) is 1.95. The molecule has 0 saturated heterocycles. The van der Waals surface area contributed by atoms with Crippen LogP contribution < -0.4 is 5.32 Å². The van der Waals surface area contributed by atoms with Gasteiger partial charge in [0, 0.05) is 6.42 Å². The molecule has 0 amide bonds. The number of anilines is 1. The summed E-state index contributed by atoms with van der Waals surface area (Å²) in [5, 5.41) is 13.2. The zero-order chi connectivity index (χ0) is 11.4. The molecular formula is C11H15N3OS. The lowest BCUT2D eigenvalue weighted by Crippen LogP contribution is -1.97. The summed E-state index contributed by atoms with van der Waals surface area (Å²) >= 11 is 1.59. The van der Waals surface area contributed by atoms with Gasteiger partial charge in [-0.2, -0.15) is 0 Å². The van der Waals surface area contributed by atoms with Crippen molar-refractivity contribution in [2.45, 2.75) is 33.2 Å². The summed E-state index contributed by atoms with van der Waals surface area (Å²) in [6.07, 6.45) is 1.86. The van der Waals surface area contributed by atoms with Crippen LogP contribution in [0.25, 0.3) is 0 Å². The number of furan rings is 1. The van der Waals surface area contributed by atoms with Crippen LogP contribution in [-0.2, 0) is 19.4 Å². The molecule has 4 nitrogen and oxygen atoms in total. The minimum Gasteiger partial charge on any atom is -0.464 e. The predicted molar refractivity (Wildman–Crippen MR) is 64.7 cm³/mol. The molecule has 5 heteroatoms. The molecule has 0 fully saturated rings. The van der Waals surface area contributed by atoms with Gasteiger partial charge in [0.2, 0.25) is 5.13 Å². The lowest BCUT2D eigenvalue weighted by atomic mass is 10.3. The molecule has 2 heterocycles. The van der Waals surface area contributed by atoms with Crippen molar-refractivity contribution in [2.24, 2.45) is 0 Å². The van der Waals surface area contributed by atoms with Crippen LogP contribution in [0.3, 0.4) is 0 Å². The van der Waals surface area contributed by atoms with Gasteiger partial charge in [-0.25, -0.2) is 0 Å². The lowest BCUT2D eigenvalue weighted by molar-refractivity contribution is 0.476. The van der Waals surface area contributed by atoms with Crippen molar-refractivity contribution in [3.05, 3.63) is 28.7 Å². The van der Waals surface area contributed by atoms with E-state index < -0.39 is 0 Å². The molecule has 0 spiro atoms. The number of rotatable bonds is 5. The van der Waals surface area contributed by atoms with E-state index in [1.807, 2.05) is 12.1 Å². The first kappa shape index (κ1) is 11.1. The Morgan fingerprint density at radius 1 is 1.19 bits per heavy atom.